The van der Waals surface area contributed by atoms with Crippen LogP contribution in [-0.2, 0) is 4.79 Å². The van der Waals surface area contributed by atoms with Gasteiger partial charge in [0.2, 0.25) is 5.91 Å². The van der Waals surface area contributed by atoms with Crippen LogP contribution < -0.4 is 5.32 Å². The van der Waals surface area contributed by atoms with Crippen LogP contribution in [0, 0.1) is 5.41 Å². The van der Waals surface area contributed by atoms with E-state index in [9.17, 15) is 4.79 Å². The van der Waals surface area contributed by atoms with Crippen LogP contribution in [0.2, 0.25) is 0 Å². The normalized spacial score (nSPS) is 33.1. The molecule has 2 rings (SSSR count). The van der Waals surface area contributed by atoms with E-state index < -0.39 is 0 Å². The molecule has 2 aliphatic rings. The number of amides is 1. The third-order valence-corrected chi connectivity index (χ3v) is 5.41. The van der Waals surface area contributed by atoms with Crippen molar-refractivity contribution in [1.29, 1.82) is 0 Å². The highest BCUT2D eigenvalue weighted by atomic mass is 79.9. The number of hydrogen-bond donors (Lipinski definition) is 1. The fourth-order valence-corrected chi connectivity index (χ4v) is 3.64. The van der Waals surface area contributed by atoms with Gasteiger partial charge in [0.25, 0.3) is 0 Å². The van der Waals surface area contributed by atoms with Gasteiger partial charge < -0.3 is 5.32 Å². The van der Waals surface area contributed by atoms with Crippen molar-refractivity contribution >= 4 is 21.8 Å². The molecule has 0 aromatic carbocycles. The molecular weight excluding hydrogens is 278 g/mol. The lowest BCUT2D eigenvalue weighted by atomic mass is 9.74. The molecule has 17 heavy (non-hydrogen) atoms. The summed E-state index contributed by atoms with van der Waals surface area (Å²) in [5.74, 6) is 0.315. The summed E-state index contributed by atoms with van der Waals surface area (Å²) in [4.78, 5) is 13.0. The van der Waals surface area contributed by atoms with Gasteiger partial charge in [-0.1, -0.05) is 42.1 Å². The van der Waals surface area contributed by atoms with Gasteiger partial charge in [0.1, 0.15) is 0 Å². The summed E-state index contributed by atoms with van der Waals surface area (Å²) in [5, 5.41) is 3.29. The Morgan fingerprint density at radius 1 is 1.12 bits per heavy atom. The number of halogens is 1. The van der Waals surface area contributed by atoms with Gasteiger partial charge in [-0.15, -0.1) is 0 Å². The Labute approximate surface area is 113 Å². The average molecular weight is 302 g/mol. The molecular formula is C14H24BrNO. The van der Waals surface area contributed by atoms with Crippen LogP contribution in [-0.4, -0.2) is 16.8 Å². The van der Waals surface area contributed by atoms with Gasteiger partial charge in [0.05, 0.1) is 0 Å². The zero-order valence-corrected chi connectivity index (χ0v) is 12.4. The minimum atomic E-state index is -0.0799. The molecule has 0 atom stereocenters. The molecule has 3 heteroatoms. The van der Waals surface area contributed by atoms with Crippen LogP contribution in [0.3, 0.4) is 0 Å². The topological polar surface area (TPSA) is 29.1 Å². The third kappa shape index (κ3) is 3.46. The molecule has 0 aromatic rings. The maximum absolute atomic E-state index is 12.3. The van der Waals surface area contributed by atoms with E-state index in [0.717, 1.165) is 25.7 Å². The fourth-order valence-electron chi connectivity index (χ4n) is 3.12. The molecule has 2 aliphatic carbocycles. The third-order valence-electron chi connectivity index (χ3n) is 4.50. The van der Waals surface area contributed by atoms with Crippen molar-refractivity contribution < 1.29 is 4.79 Å². The second kappa shape index (κ2) is 5.73. The summed E-state index contributed by atoms with van der Waals surface area (Å²) in [6, 6.07) is 0.426. The Morgan fingerprint density at radius 2 is 1.71 bits per heavy atom. The highest BCUT2D eigenvalue weighted by Gasteiger charge is 2.35. The van der Waals surface area contributed by atoms with E-state index in [4.69, 9.17) is 0 Å². The summed E-state index contributed by atoms with van der Waals surface area (Å²) >= 11 is 3.66. The molecule has 98 valence electrons. The molecule has 0 radical (unpaired) electrons. The van der Waals surface area contributed by atoms with E-state index in [1.54, 1.807) is 0 Å². The van der Waals surface area contributed by atoms with Crippen LogP contribution in [0.1, 0.15) is 64.7 Å². The molecule has 0 bridgehead atoms. The van der Waals surface area contributed by atoms with Gasteiger partial charge in [-0.3, -0.25) is 4.79 Å². The van der Waals surface area contributed by atoms with Crippen molar-refractivity contribution in [1.82, 2.24) is 5.32 Å². The van der Waals surface area contributed by atoms with Crippen LogP contribution >= 0.6 is 15.9 Å². The van der Waals surface area contributed by atoms with Crippen molar-refractivity contribution in [2.24, 2.45) is 5.41 Å². The second-order valence-electron chi connectivity index (χ2n) is 6.04. The predicted molar refractivity (Wildman–Crippen MR) is 74.3 cm³/mol. The minimum Gasteiger partial charge on any atom is -0.353 e. The van der Waals surface area contributed by atoms with Crippen molar-refractivity contribution in [3.63, 3.8) is 0 Å². The van der Waals surface area contributed by atoms with Gasteiger partial charge in [-0.25, -0.2) is 0 Å². The smallest absolute Gasteiger partial charge is 0.226 e. The minimum absolute atomic E-state index is 0.0799. The molecule has 2 nitrogen and oxygen atoms in total. The summed E-state index contributed by atoms with van der Waals surface area (Å²) in [6.07, 6.45) is 10.6. The molecule has 2 saturated carbocycles. The fraction of sp³-hybridized carbons (Fsp3) is 0.929. The Bertz CT molecular complexity index is 265. The van der Waals surface area contributed by atoms with Gasteiger partial charge in [0.15, 0.2) is 0 Å². The molecule has 2 fully saturated rings. The van der Waals surface area contributed by atoms with E-state index >= 15 is 0 Å². The number of carbonyl (C=O) groups excluding carboxylic acids is 1. The average Bonchev–Trinajstić information content (AvgIpc) is 2.33. The Hall–Kier alpha value is -0.0500. The van der Waals surface area contributed by atoms with E-state index in [2.05, 4.69) is 28.2 Å². The van der Waals surface area contributed by atoms with Crippen LogP contribution in [0.5, 0.6) is 0 Å². The van der Waals surface area contributed by atoms with Gasteiger partial charge in [-0.2, -0.15) is 0 Å². The first-order valence-electron chi connectivity index (χ1n) is 7.05. The lowest BCUT2D eigenvalue weighted by Gasteiger charge is -2.35. The standard InChI is InChI=1S/C14H24BrNO/c1-14(9-3-2-4-10-14)13(17)16-12-7-5-11(15)6-8-12/h11-12H,2-10H2,1H3,(H,16,17). The molecule has 0 aliphatic heterocycles. The Morgan fingerprint density at radius 3 is 2.29 bits per heavy atom. The molecule has 0 unspecified atom stereocenters. The van der Waals surface area contributed by atoms with E-state index in [0.29, 0.717) is 16.8 Å². The maximum atomic E-state index is 12.3. The highest BCUT2D eigenvalue weighted by Crippen LogP contribution is 2.36. The molecule has 0 saturated heterocycles. The number of nitrogens with one attached hydrogen (secondary N) is 1. The predicted octanol–water partition coefficient (Wildman–Crippen LogP) is 3.78. The maximum Gasteiger partial charge on any atom is 0.226 e. The quantitative estimate of drug-likeness (QED) is 0.773. The SMILES string of the molecule is CC1(C(=O)NC2CCC(Br)CC2)CCCCC1. The highest BCUT2D eigenvalue weighted by molar-refractivity contribution is 9.09. The molecule has 1 N–H and O–H groups in total. The largest absolute Gasteiger partial charge is 0.353 e. The molecule has 0 spiro atoms. The summed E-state index contributed by atoms with van der Waals surface area (Å²) in [5.41, 5.74) is -0.0799. The van der Waals surface area contributed by atoms with E-state index in [-0.39, 0.29) is 5.41 Å². The lowest BCUT2D eigenvalue weighted by molar-refractivity contribution is -0.132. The molecule has 0 aromatic heterocycles. The molecule has 0 heterocycles. The van der Waals surface area contributed by atoms with Crippen LogP contribution in [0.4, 0.5) is 0 Å². The number of carbonyl (C=O) groups is 1. The first-order chi connectivity index (χ1) is 8.10. The van der Waals surface area contributed by atoms with Crippen molar-refractivity contribution in [2.45, 2.75) is 75.6 Å². The number of rotatable bonds is 2. The Kier molecular flexibility index (Phi) is 4.51. The summed E-state index contributed by atoms with van der Waals surface area (Å²) < 4.78 is 0. The van der Waals surface area contributed by atoms with Crippen molar-refractivity contribution in [3.05, 3.63) is 0 Å². The molecule has 1 amide bonds. The van der Waals surface area contributed by atoms with Crippen LogP contribution in [0.25, 0.3) is 0 Å². The number of hydrogen-bond acceptors (Lipinski definition) is 1. The summed E-state index contributed by atoms with van der Waals surface area (Å²) in [6.45, 7) is 2.15. The monoisotopic (exact) mass is 301 g/mol. The van der Waals surface area contributed by atoms with Gasteiger partial charge in [-0.05, 0) is 38.5 Å². The van der Waals surface area contributed by atoms with Gasteiger partial charge in [0, 0.05) is 16.3 Å². The van der Waals surface area contributed by atoms with Gasteiger partial charge >= 0.3 is 0 Å². The zero-order chi connectivity index (χ0) is 12.3. The van der Waals surface area contributed by atoms with Crippen molar-refractivity contribution in [3.8, 4) is 0 Å². The second-order valence-corrected chi connectivity index (χ2v) is 7.34. The van der Waals surface area contributed by atoms with E-state index in [1.807, 2.05) is 0 Å². The summed E-state index contributed by atoms with van der Waals surface area (Å²) in [7, 11) is 0. The Balaban J connectivity index is 1.83. The first-order valence-corrected chi connectivity index (χ1v) is 7.97. The van der Waals surface area contributed by atoms with E-state index in [1.165, 1.54) is 32.1 Å². The first kappa shape index (κ1) is 13.4. The van der Waals surface area contributed by atoms with Crippen LogP contribution in [0.15, 0.2) is 0 Å². The van der Waals surface area contributed by atoms with Crippen molar-refractivity contribution in [2.75, 3.05) is 0 Å². The lowest BCUT2D eigenvalue weighted by Crippen LogP contribution is -2.46. The number of alkyl halides is 1. The zero-order valence-electron chi connectivity index (χ0n) is 10.8.